The van der Waals surface area contributed by atoms with E-state index < -0.39 is 7.04 Å². The smallest absolute Gasteiger partial charge is 0.231 e. The Balaban J connectivity index is 1.56. The van der Waals surface area contributed by atoms with Crippen LogP contribution in [0.3, 0.4) is 0 Å². The van der Waals surface area contributed by atoms with Crippen molar-refractivity contribution >= 4 is 11.8 Å². The summed E-state index contributed by atoms with van der Waals surface area (Å²) in [6, 6.07) is 8.06. The first-order valence-corrected chi connectivity index (χ1v) is 10.7. The van der Waals surface area contributed by atoms with E-state index in [0.29, 0.717) is 17.4 Å². The van der Waals surface area contributed by atoms with E-state index in [2.05, 4.69) is 23.1 Å². The van der Waals surface area contributed by atoms with Crippen LogP contribution in [0.2, 0.25) is 0 Å². The van der Waals surface area contributed by atoms with Crippen LogP contribution in [-0.4, -0.2) is 32.4 Å². The molecule has 1 saturated carbocycles. The van der Waals surface area contributed by atoms with E-state index in [1.54, 1.807) is 7.11 Å². The van der Waals surface area contributed by atoms with Crippen LogP contribution in [0.4, 0.5) is 0 Å². The Morgan fingerprint density at radius 1 is 1.10 bits per heavy atom. The third-order valence-electron chi connectivity index (χ3n) is 7.09. The molecule has 156 valence electrons. The lowest BCUT2D eigenvalue weighted by atomic mass is 9.80. The first-order chi connectivity index (χ1) is 15.9. The zero-order chi connectivity index (χ0) is 22.7. The van der Waals surface area contributed by atoms with Crippen molar-refractivity contribution in [3.05, 3.63) is 46.5 Å². The zero-order valence-electron chi connectivity index (χ0n) is 20.1. The Labute approximate surface area is 181 Å². The van der Waals surface area contributed by atoms with Gasteiger partial charge in [0.05, 0.1) is 24.3 Å². The molecule has 1 aliphatic carbocycles. The molecule has 6 rings (SSSR count). The van der Waals surface area contributed by atoms with E-state index >= 15 is 0 Å². The molecule has 2 aromatic rings. The maximum Gasteiger partial charge on any atom is 0.231 e. The van der Waals surface area contributed by atoms with Gasteiger partial charge < -0.3 is 23.8 Å². The van der Waals surface area contributed by atoms with Crippen LogP contribution in [-0.2, 0) is 6.42 Å². The lowest BCUT2D eigenvalue weighted by molar-refractivity contribution is 0.174. The summed E-state index contributed by atoms with van der Waals surface area (Å²) in [6.45, 7) is 1.10. The van der Waals surface area contributed by atoms with Gasteiger partial charge in [0.15, 0.2) is 23.0 Å². The molecule has 0 unspecified atom stereocenters. The lowest BCUT2D eigenvalue weighted by Gasteiger charge is -2.46. The molecule has 2 aromatic carbocycles. The van der Waals surface area contributed by atoms with Crippen molar-refractivity contribution < 1.29 is 23.1 Å². The number of hydrogen-bond donors (Lipinski definition) is 0. The fraction of sp³-hybridized carbons (Fsp3) is 0.440. The van der Waals surface area contributed by atoms with Crippen molar-refractivity contribution in [2.45, 2.75) is 38.1 Å². The second kappa shape index (κ2) is 6.86. The predicted octanol–water partition coefficient (Wildman–Crippen LogP) is 5.03. The molecule has 0 radical (unpaired) electrons. The van der Waals surface area contributed by atoms with Crippen LogP contribution < -0.4 is 18.9 Å². The Morgan fingerprint density at radius 3 is 2.73 bits per heavy atom. The van der Waals surface area contributed by atoms with E-state index in [1.807, 2.05) is 12.1 Å². The summed E-state index contributed by atoms with van der Waals surface area (Å²) in [5.74, 6) is 2.82. The number of benzene rings is 2. The van der Waals surface area contributed by atoms with E-state index in [-0.39, 0.29) is 12.8 Å². The summed E-state index contributed by atoms with van der Waals surface area (Å²) in [6.07, 6.45) is 7.67. The molecule has 0 saturated heterocycles. The summed E-state index contributed by atoms with van der Waals surface area (Å²) in [5.41, 5.74) is 5.49. The third-order valence-corrected chi connectivity index (χ3v) is 7.09. The third kappa shape index (κ3) is 2.54. The minimum absolute atomic E-state index is 0.0357. The van der Waals surface area contributed by atoms with Gasteiger partial charge in [-0.05, 0) is 60.6 Å². The first-order valence-electron chi connectivity index (χ1n) is 12.2. The average molecular weight is 409 g/mol. The molecule has 0 N–H and O–H groups in total. The highest BCUT2D eigenvalue weighted by Crippen LogP contribution is 2.54. The van der Waals surface area contributed by atoms with Crippen LogP contribution in [0.25, 0.3) is 11.8 Å². The molecule has 1 atom stereocenters. The van der Waals surface area contributed by atoms with Crippen LogP contribution in [0, 0.1) is 5.92 Å². The Morgan fingerprint density at radius 2 is 1.93 bits per heavy atom. The highest BCUT2D eigenvalue weighted by molar-refractivity contribution is 5.88. The van der Waals surface area contributed by atoms with Gasteiger partial charge in [0.25, 0.3) is 0 Å². The summed E-state index contributed by atoms with van der Waals surface area (Å²) < 4.78 is 45.8. The maximum atomic E-state index is 7.78. The van der Waals surface area contributed by atoms with Gasteiger partial charge in [-0.15, -0.1) is 0 Å². The molecule has 0 aromatic heterocycles. The number of rotatable bonds is 3. The highest BCUT2D eigenvalue weighted by Gasteiger charge is 2.41. The van der Waals surface area contributed by atoms with Gasteiger partial charge in [0.2, 0.25) is 6.79 Å². The average Bonchev–Trinajstić information content (AvgIpc) is 3.47. The standard InChI is InChI=1S/C25H27NO4/c1-27-20-8-7-17-11-19-18-13-22-21(29-14-30-22)12-16(18)9-10-26(19)24(15-5-3-4-6-15)23(17)25(20)28-2/h7-8,11-13,15,24H,3-6,9-10,14H2,1-2H3/t24-/m0/s1/i2D3. The summed E-state index contributed by atoms with van der Waals surface area (Å²) >= 11 is 0. The Bertz CT molecular complexity index is 1140. The fourth-order valence-electron chi connectivity index (χ4n) is 5.75. The molecule has 4 aliphatic rings. The molecular formula is C25H27NO4. The minimum atomic E-state index is -2.56. The number of nitrogens with zero attached hydrogens (tertiary/aromatic N) is 1. The molecule has 5 nitrogen and oxygen atoms in total. The Kier molecular flexibility index (Phi) is 3.44. The molecule has 0 amide bonds. The van der Waals surface area contributed by atoms with Gasteiger partial charge in [0, 0.05) is 23.4 Å². The van der Waals surface area contributed by atoms with Gasteiger partial charge in [-0.3, -0.25) is 0 Å². The van der Waals surface area contributed by atoms with Crippen LogP contribution >= 0.6 is 0 Å². The van der Waals surface area contributed by atoms with Crippen molar-refractivity contribution in [2.24, 2.45) is 5.92 Å². The van der Waals surface area contributed by atoms with Crippen molar-refractivity contribution in [3.8, 4) is 23.0 Å². The normalized spacial score (nSPS) is 23.5. The van der Waals surface area contributed by atoms with Gasteiger partial charge in [0.1, 0.15) is 0 Å². The number of fused-ring (bicyclic) bond motifs is 5. The lowest BCUT2D eigenvalue weighted by Crippen LogP contribution is -2.38. The fourth-order valence-corrected chi connectivity index (χ4v) is 5.75. The second-order valence-corrected chi connectivity index (χ2v) is 8.53. The van der Waals surface area contributed by atoms with Crippen LogP contribution in [0.15, 0.2) is 24.3 Å². The van der Waals surface area contributed by atoms with Crippen molar-refractivity contribution in [1.29, 1.82) is 0 Å². The van der Waals surface area contributed by atoms with Crippen LogP contribution in [0.1, 0.15) is 58.1 Å². The van der Waals surface area contributed by atoms with Crippen molar-refractivity contribution in [3.63, 3.8) is 0 Å². The minimum Gasteiger partial charge on any atom is -0.493 e. The van der Waals surface area contributed by atoms with Crippen molar-refractivity contribution in [2.75, 3.05) is 27.5 Å². The Hall–Kier alpha value is -2.82. The van der Waals surface area contributed by atoms with E-state index in [9.17, 15) is 0 Å². The van der Waals surface area contributed by atoms with Crippen molar-refractivity contribution in [1.82, 2.24) is 4.90 Å². The van der Waals surface area contributed by atoms with Gasteiger partial charge in [-0.2, -0.15) is 0 Å². The molecule has 5 heteroatoms. The maximum absolute atomic E-state index is 7.78. The zero-order valence-corrected chi connectivity index (χ0v) is 17.1. The van der Waals surface area contributed by atoms with Crippen LogP contribution in [0.5, 0.6) is 23.0 Å². The topological polar surface area (TPSA) is 40.2 Å². The van der Waals surface area contributed by atoms with E-state index in [0.717, 1.165) is 59.7 Å². The SMILES string of the molecule is [2H]C([2H])([2H])Oc1c(OC)ccc2c1[C@H](C1CCCC1)N1CCc3cc4c(cc3C1=C2)OCO4. The van der Waals surface area contributed by atoms with Gasteiger partial charge in [-0.1, -0.05) is 18.9 Å². The molecule has 3 aliphatic heterocycles. The monoisotopic (exact) mass is 408 g/mol. The molecule has 3 heterocycles. The van der Waals surface area contributed by atoms with E-state index in [4.69, 9.17) is 23.1 Å². The molecule has 0 bridgehead atoms. The molecular weight excluding hydrogens is 378 g/mol. The summed E-state index contributed by atoms with van der Waals surface area (Å²) in [7, 11) is -0.998. The van der Waals surface area contributed by atoms with E-state index in [1.165, 1.54) is 18.4 Å². The largest absolute Gasteiger partial charge is 0.493 e. The molecule has 30 heavy (non-hydrogen) atoms. The van der Waals surface area contributed by atoms with Gasteiger partial charge in [-0.25, -0.2) is 0 Å². The predicted molar refractivity (Wildman–Crippen MR) is 115 cm³/mol. The number of methoxy groups -OCH3 is 2. The quantitative estimate of drug-likeness (QED) is 0.712. The summed E-state index contributed by atoms with van der Waals surface area (Å²) in [4.78, 5) is 2.45. The van der Waals surface area contributed by atoms with Gasteiger partial charge >= 0.3 is 0 Å². The summed E-state index contributed by atoms with van der Waals surface area (Å²) in [5, 5.41) is 0. The molecule has 0 spiro atoms. The number of hydrogen-bond acceptors (Lipinski definition) is 5. The second-order valence-electron chi connectivity index (χ2n) is 8.53. The molecule has 1 fully saturated rings. The number of ether oxygens (including phenoxy) is 4. The first kappa shape index (κ1) is 15.1. The highest BCUT2D eigenvalue weighted by atomic mass is 16.7.